The van der Waals surface area contributed by atoms with Crippen molar-refractivity contribution >= 4 is 48.9 Å². The van der Waals surface area contributed by atoms with E-state index in [0.29, 0.717) is 49.3 Å². The zero-order chi connectivity index (χ0) is 26.2. The van der Waals surface area contributed by atoms with Crippen LogP contribution in [0.4, 0.5) is 0 Å². The van der Waals surface area contributed by atoms with Crippen LogP contribution in [-0.4, -0.2) is 98.2 Å². The topological polar surface area (TPSA) is 96.2 Å². The van der Waals surface area contributed by atoms with Gasteiger partial charge in [0.1, 0.15) is 0 Å². The van der Waals surface area contributed by atoms with Gasteiger partial charge >= 0.3 is 48.9 Å². The summed E-state index contributed by atoms with van der Waals surface area (Å²) in [5.74, 6) is 5.97. The second-order valence-corrected chi connectivity index (χ2v) is 15.6. The van der Waals surface area contributed by atoms with Crippen LogP contribution in [0.15, 0.2) is 0 Å². The molecule has 5 heterocycles. The van der Waals surface area contributed by atoms with Crippen molar-refractivity contribution in [3.8, 4) is 0 Å². The van der Waals surface area contributed by atoms with Gasteiger partial charge in [-0.3, -0.25) is 42.5 Å². The molecule has 8 unspecified atom stereocenters. The first-order chi connectivity index (χ1) is 19.8. The minimum atomic E-state index is 0. The van der Waals surface area contributed by atoms with E-state index in [-0.39, 0.29) is 51.7 Å². The fraction of sp³-hybridized carbons (Fsp3) is 1.00. The number of nitrogens with one attached hydrogen (secondary N) is 8. The van der Waals surface area contributed by atoms with E-state index in [9.17, 15) is 0 Å². The van der Waals surface area contributed by atoms with Crippen LogP contribution in [0.1, 0.15) is 106 Å². The Labute approximate surface area is 291 Å². The van der Waals surface area contributed by atoms with Crippen LogP contribution in [-0.2, 0) is 0 Å². The third-order valence-electron chi connectivity index (χ3n) is 13.8. The fourth-order valence-electron chi connectivity index (χ4n) is 12.0. The van der Waals surface area contributed by atoms with Gasteiger partial charge in [-0.1, -0.05) is 51.4 Å². The molecule has 9 rings (SSSR count). The van der Waals surface area contributed by atoms with Crippen LogP contribution in [0.5, 0.6) is 0 Å². The fourth-order valence-corrected chi connectivity index (χ4v) is 12.0. The maximum atomic E-state index is 4.26. The summed E-state index contributed by atoms with van der Waals surface area (Å²) < 4.78 is 0. The Morgan fingerprint density at radius 3 is 0.488 bits per heavy atom. The van der Waals surface area contributed by atoms with Gasteiger partial charge in [-0.05, 0) is 98.7 Å². The second-order valence-electron chi connectivity index (χ2n) is 15.6. The normalized spacial score (nSPS) is 56.2. The zero-order valence-electron chi connectivity index (χ0n) is 27.3. The Balaban J connectivity index is 0.00000110. The average molecular weight is 692 g/mol. The Hall–Kier alpha value is 1.25. The van der Waals surface area contributed by atoms with Crippen molar-refractivity contribution in [3.63, 3.8) is 0 Å². The van der Waals surface area contributed by atoms with Gasteiger partial charge in [-0.25, -0.2) is 0 Å². The number of fused-ring (bicyclic) bond motifs is 20. The van der Waals surface area contributed by atoms with Crippen molar-refractivity contribution in [1.82, 2.24) is 42.5 Å². The van der Waals surface area contributed by atoms with Gasteiger partial charge in [0.05, 0.1) is 49.3 Å². The van der Waals surface area contributed by atoms with Gasteiger partial charge in [0.25, 0.3) is 0 Å². The average Bonchev–Trinajstić information content (AvgIpc) is 3.73. The third kappa shape index (κ3) is 5.32. The van der Waals surface area contributed by atoms with E-state index in [1.165, 1.54) is 103 Å². The van der Waals surface area contributed by atoms with E-state index in [4.69, 9.17) is 0 Å². The summed E-state index contributed by atoms with van der Waals surface area (Å²) in [4.78, 5) is 0. The predicted octanol–water partition coefficient (Wildman–Crippen LogP) is 2.45. The van der Waals surface area contributed by atoms with Crippen molar-refractivity contribution < 1.29 is 2.85 Å². The molecule has 0 aromatic heterocycles. The standard InChI is InChI=1S/C32H56N8.Ba.2H/c1-2-10-18-17(9-1)25-33-26(18)38-28-21-13-5-6-14-22(21)30(35-28)40-32-24-16-8-7-15-23(24)31(36-32)39-29-20-12-4-3-11-19(20)27(34-29)37-25;;;/h17-40H,1-16H2;;;/q;+2;2*-1. The molecule has 228 valence electrons. The summed E-state index contributed by atoms with van der Waals surface area (Å²) in [6, 6.07) is 0. The second kappa shape index (κ2) is 12.5. The minimum absolute atomic E-state index is 0. The molecule has 9 fully saturated rings. The molecule has 8 N–H and O–H groups in total. The number of rotatable bonds is 0. The molecule has 4 aliphatic carbocycles. The molecule has 0 aromatic carbocycles. The Kier molecular flexibility index (Phi) is 9.00. The molecule has 41 heavy (non-hydrogen) atoms. The molecule has 8 atom stereocenters. The molecule has 8 nitrogen and oxygen atoms in total. The van der Waals surface area contributed by atoms with Crippen molar-refractivity contribution in [2.45, 2.75) is 152 Å². The molecular formula is C32H58BaN8. The van der Waals surface area contributed by atoms with Crippen LogP contribution in [0.2, 0.25) is 0 Å². The molecule has 5 saturated heterocycles. The number of hydrogen-bond donors (Lipinski definition) is 8. The van der Waals surface area contributed by atoms with E-state index in [1.54, 1.807) is 0 Å². The summed E-state index contributed by atoms with van der Waals surface area (Å²) in [5.41, 5.74) is 0. The molecule has 0 aromatic rings. The van der Waals surface area contributed by atoms with E-state index in [2.05, 4.69) is 42.5 Å². The Morgan fingerprint density at radius 2 is 0.366 bits per heavy atom. The largest absolute Gasteiger partial charge is 2.00 e. The Bertz CT molecular complexity index is 728. The van der Waals surface area contributed by atoms with Crippen molar-refractivity contribution in [2.24, 2.45) is 47.3 Å². The van der Waals surface area contributed by atoms with Crippen LogP contribution >= 0.6 is 0 Å². The maximum Gasteiger partial charge on any atom is 2.00 e. The van der Waals surface area contributed by atoms with Crippen LogP contribution in [0.3, 0.4) is 0 Å². The number of hydrogen-bond acceptors (Lipinski definition) is 8. The minimum Gasteiger partial charge on any atom is -1.00 e. The molecular weight excluding hydrogens is 634 g/mol. The predicted molar refractivity (Wildman–Crippen MR) is 165 cm³/mol. The zero-order valence-corrected chi connectivity index (χ0v) is 29.7. The van der Waals surface area contributed by atoms with Crippen molar-refractivity contribution in [1.29, 1.82) is 0 Å². The molecule has 0 radical (unpaired) electrons. The van der Waals surface area contributed by atoms with Gasteiger partial charge in [-0.15, -0.1) is 0 Å². The molecule has 0 amide bonds. The van der Waals surface area contributed by atoms with Crippen LogP contribution in [0, 0.1) is 47.3 Å². The summed E-state index contributed by atoms with van der Waals surface area (Å²) in [7, 11) is 0. The van der Waals surface area contributed by atoms with Gasteiger partial charge in [-0.2, -0.15) is 0 Å². The summed E-state index contributed by atoms with van der Waals surface area (Å²) in [5, 5.41) is 33.8. The van der Waals surface area contributed by atoms with Gasteiger partial charge < -0.3 is 2.85 Å². The first kappa shape index (κ1) is 29.6. The smallest absolute Gasteiger partial charge is 1.00 e. The molecule has 0 spiro atoms. The van der Waals surface area contributed by atoms with Gasteiger partial charge in [0, 0.05) is 0 Å². The van der Waals surface area contributed by atoms with E-state index in [0.717, 1.165) is 47.3 Å². The van der Waals surface area contributed by atoms with Gasteiger partial charge in [0.15, 0.2) is 0 Å². The Morgan fingerprint density at radius 1 is 0.244 bits per heavy atom. The molecule has 5 aliphatic heterocycles. The molecule has 9 aliphatic rings. The maximum absolute atomic E-state index is 4.26. The molecule has 9 heteroatoms. The first-order valence-corrected chi connectivity index (χ1v) is 17.9. The van der Waals surface area contributed by atoms with Crippen LogP contribution in [0.25, 0.3) is 0 Å². The van der Waals surface area contributed by atoms with Crippen LogP contribution < -0.4 is 42.5 Å². The summed E-state index contributed by atoms with van der Waals surface area (Å²) >= 11 is 0. The van der Waals surface area contributed by atoms with E-state index >= 15 is 0 Å². The SMILES string of the molecule is C1CCC2C3NC(NC4NC(NC5NC(NC6NC(N3)C3CCCCC63)C3CCCCC53)C3CCCCC43)C2C1.[Ba+2].[H-].[H-]. The summed E-state index contributed by atoms with van der Waals surface area (Å²) in [6.45, 7) is 0. The third-order valence-corrected chi connectivity index (χ3v) is 13.8. The first-order valence-electron chi connectivity index (χ1n) is 17.9. The van der Waals surface area contributed by atoms with Crippen molar-refractivity contribution in [3.05, 3.63) is 0 Å². The molecule has 4 saturated carbocycles. The van der Waals surface area contributed by atoms with E-state index < -0.39 is 0 Å². The van der Waals surface area contributed by atoms with Crippen molar-refractivity contribution in [2.75, 3.05) is 0 Å². The monoisotopic (exact) mass is 692 g/mol. The van der Waals surface area contributed by atoms with E-state index in [1.807, 2.05) is 0 Å². The van der Waals surface area contributed by atoms with Gasteiger partial charge in [0.2, 0.25) is 0 Å². The quantitative estimate of drug-likeness (QED) is 0.184. The summed E-state index contributed by atoms with van der Waals surface area (Å²) in [6.07, 6.45) is 25.6. The molecule has 8 bridgehead atoms.